The Morgan fingerprint density at radius 2 is 1.97 bits per heavy atom. The lowest BCUT2D eigenvalue weighted by Crippen LogP contribution is -2.49. The summed E-state index contributed by atoms with van der Waals surface area (Å²) in [6.07, 6.45) is 0.830. The molecule has 1 fully saturated rings. The van der Waals surface area contributed by atoms with Gasteiger partial charge < -0.3 is 20.7 Å². The van der Waals surface area contributed by atoms with Gasteiger partial charge in [-0.25, -0.2) is 4.99 Å². The van der Waals surface area contributed by atoms with Gasteiger partial charge in [-0.1, -0.05) is 26.0 Å². The number of benzene rings is 1. The molecule has 0 spiro atoms. The molecule has 7 heteroatoms. The van der Waals surface area contributed by atoms with Crippen molar-refractivity contribution < 1.29 is 9.53 Å². The van der Waals surface area contributed by atoms with Gasteiger partial charge in [0.2, 0.25) is 5.91 Å². The second kappa shape index (κ2) is 12.4. The minimum atomic E-state index is 0.00897. The van der Waals surface area contributed by atoms with E-state index in [1.165, 1.54) is 0 Å². The Balaban J connectivity index is 1.91. The second-order valence-corrected chi connectivity index (χ2v) is 7.57. The van der Waals surface area contributed by atoms with E-state index in [0.29, 0.717) is 12.6 Å². The third-order valence-electron chi connectivity index (χ3n) is 5.25. The molecular weight excluding hydrogens is 366 g/mol. The molecule has 0 saturated carbocycles. The number of hydrogen-bond donors (Lipinski definition) is 3. The normalized spacial score (nSPS) is 17.4. The number of ether oxygens (including phenoxy) is 1. The Labute approximate surface area is 175 Å². The standard InChI is InChI=1S/C22H37N5O2/c1-5-17(3)21(28)26-20-9-7-8-19(14-20)16-25-22(23-6-2)24-15-18(4)27-10-12-29-13-11-27/h7-9,14,17-18H,5-6,10-13,15-16H2,1-4H3,(H,26,28)(H2,23,24,25). The number of rotatable bonds is 9. The molecule has 1 aromatic carbocycles. The summed E-state index contributed by atoms with van der Waals surface area (Å²) in [6, 6.07) is 8.31. The van der Waals surface area contributed by atoms with Crippen LogP contribution in [0.25, 0.3) is 0 Å². The van der Waals surface area contributed by atoms with Crippen molar-refractivity contribution in [2.75, 3.05) is 44.7 Å². The van der Waals surface area contributed by atoms with E-state index in [1.54, 1.807) is 0 Å². The molecule has 3 N–H and O–H groups in total. The molecule has 1 aromatic rings. The number of carbonyl (C=O) groups is 1. The van der Waals surface area contributed by atoms with Crippen LogP contribution in [-0.2, 0) is 16.1 Å². The highest BCUT2D eigenvalue weighted by molar-refractivity contribution is 5.92. The van der Waals surface area contributed by atoms with Crippen molar-refractivity contribution in [3.05, 3.63) is 29.8 Å². The lowest BCUT2D eigenvalue weighted by Gasteiger charge is -2.32. The minimum absolute atomic E-state index is 0.00897. The van der Waals surface area contributed by atoms with Gasteiger partial charge in [0.1, 0.15) is 0 Å². The fourth-order valence-corrected chi connectivity index (χ4v) is 3.10. The first-order chi connectivity index (χ1) is 14.0. The molecule has 1 heterocycles. The predicted octanol–water partition coefficient (Wildman–Crippen LogP) is 2.45. The number of nitrogens with one attached hydrogen (secondary N) is 3. The smallest absolute Gasteiger partial charge is 0.227 e. The highest BCUT2D eigenvalue weighted by Crippen LogP contribution is 2.14. The quantitative estimate of drug-likeness (QED) is 0.436. The molecule has 1 aliphatic rings. The third kappa shape index (κ3) is 8.03. The Hall–Kier alpha value is -2.12. The Morgan fingerprint density at radius 3 is 2.66 bits per heavy atom. The molecule has 1 aliphatic heterocycles. The van der Waals surface area contributed by atoms with E-state index < -0.39 is 0 Å². The zero-order valence-electron chi connectivity index (χ0n) is 18.3. The van der Waals surface area contributed by atoms with Gasteiger partial charge in [0, 0.05) is 43.8 Å². The average Bonchev–Trinajstić information content (AvgIpc) is 2.75. The van der Waals surface area contributed by atoms with Crippen LogP contribution < -0.4 is 16.0 Å². The van der Waals surface area contributed by atoms with E-state index in [2.05, 4.69) is 34.7 Å². The van der Waals surface area contributed by atoms with Crippen molar-refractivity contribution in [1.29, 1.82) is 0 Å². The third-order valence-corrected chi connectivity index (χ3v) is 5.25. The van der Waals surface area contributed by atoms with Gasteiger partial charge in [0.25, 0.3) is 0 Å². The molecule has 0 bridgehead atoms. The monoisotopic (exact) mass is 403 g/mol. The van der Waals surface area contributed by atoms with Gasteiger partial charge in [-0.05, 0) is 38.0 Å². The molecule has 0 aromatic heterocycles. The maximum atomic E-state index is 12.1. The van der Waals surface area contributed by atoms with E-state index >= 15 is 0 Å². The summed E-state index contributed by atoms with van der Waals surface area (Å²) in [7, 11) is 0. The zero-order valence-corrected chi connectivity index (χ0v) is 18.3. The predicted molar refractivity (Wildman–Crippen MR) is 119 cm³/mol. The second-order valence-electron chi connectivity index (χ2n) is 7.57. The van der Waals surface area contributed by atoms with E-state index in [-0.39, 0.29) is 11.8 Å². The number of morpholine rings is 1. The van der Waals surface area contributed by atoms with Crippen molar-refractivity contribution in [2.24, 2.45) is 10.9 Å². The summed E-state index contributed by atoms with van der Waals surface area (Å²) < 4.78 is 5.43. The van der Waals surface area contributed by atoms with Crippen LogP contribution in [0.2, 0.25) is 0 Å². The molecule has 2 unspecified atom stereocenters. The highest BCUT2D eigenvalue weighted by Gasteiger charge is 2.17. The van der Waals surface area contributed by atoms with E-state index in [9.17, 15) is 4.79 Å². The number of carbonyl (C=O) groups excluding carboxylic acids is 1. The molecule has 2 rings (SSSR count). The number of aliphatic imine (C=N–C) groups is 1. The van der Waals surface area contributed by atoms with E-state index in [4.69, 9.17) is 9.73 Å². The van der Waals surface area contributed by atoms with Crippen LogP contribution >= 0.6 is 0 Å². The average molecular weight is 404 g/mol. The minimum Gasteiger partial charge on any atom is -0.379 e. The molecular formula is C22H37N5O2. The molecule has 1 saturated heterocycles. The lowest BCUT2D eigenvalue weighted by atomic mass is 10.1. The lowest BCUT2D eigenvalue weighted by molar-refractivity contribution is -0.119. The molecule has 2 atom stereocenters. The van der Waals surface area contributed by atoms with Crippen LogP contribution in [-0.4, -0.2) is 62.2 Å². The summed E-state index contributed by atoms with van der Waals surface area (Å²) in [5.74, 6) is 0.872. The number of nitrogens with zero attached hydrogens (tertiary/aromatic N) is 2. The Kier molecular flexibility index (Phi) is 9.94. The van der Waals surface area contributed by atoms with Crippen molar-refractivity contribution in [1.82, 2.24) is 15.5 Å². The number of anilines is 1. The summed E-state index contributed by atoms with van der Waals surface area (Å²) in [6.45, 7) is 14.0. The Bertz CT molecular complexity index is 658. The summed E-state index contributed by atoms with van der Waals surface area (Å²) >= 11 is 0. The summed E-state index contributed by atoms with van der Waals surface area (Å²) in [4.78, 5) is 19.3. The van der Waals surface area contributed by atoms with Crippen LogP contribution in [0.3, 0.4) is 0 Å². The number of hydrogen-bond acceptors (Lipinski definition) is 4. The van der Waals surface area contributed by atoms with E-state index in [0.717, 1.165) is 63.0 Å². The molecule has 7 nitrogen and oxygen atoms in total. The molecule has 162 valence electrons. The summed E-state index contributed by atoms with van der Waals surface area (Å²) in [5.41, 5.74) is 1.88. The SMILES string of the molecule is CCNC(=NCc1cccc(NC(=O)C(C)CC)c1)NCC(C)N1CCOCC1. The van der Waals surface area contributed by atoms with Crippen LogP contribution in [0, 0.1) is 5.92 Å². The first-order valence-electron chi connectivity index (χ1n) is 10.8. The fourth-order valence-electron chi connectivity index (χ4n) is 3.10. The van der Waals surface area contributed by atoms with Gasteiger partial charge in [-0.3, -0.25) is 9.69 Å². The maximum absolute atomic E-state index is 12.1. The number of guanidine groups is 1. The van der Waals surface area contributed by atoms with Crippen LogP contribution in [0.5, 0.6) is 0 Å². The Morgan fingerprint density at radius 1 is 1.21 bits per heavy atom. The van der Waals surface area contributed by atoms with Gasteiger partial charge in [0.05, 0.1) is 19.8 Å². The van der Waals surface area contributed by atoms with Gasteiger partial charge in [0.15, 0.2) is 5.96 Å². The molecule has 29 heavy (non-hydrogen) atoms. The first kappa shape index (κ1) is 23.2. The zero-order chi connectivity index (χ0) is 21.1. The topological polar surface area (TPSA) is 78.0 Å². The van der Waals surface area contributed by atoms with Crippen molar-refractivity contribution in [3.63, 3.8) is 0 Å². The highest BCUT2D eigenvalue weighted by atomic mass is 16.5. The van der Waals surface area contributed by atoms with Crippen molar-refractivity contribution in [3.8, 4) is 0 Å². The van der Waals surface area contributed by atoms with Crippen molar-refractivity contribution >= 4 is 17.6 Å². The summed E-state index contributed by atoms with van der Waals surface area (Å²) in [5, 5.41) is 9.74. The maximum Gasteiger partial charge on any atom is 0.227 e. The van der Waals surface area contributed by atoms with Crippen LogP contribution in [0.15, 0.2) is 29.3 Å². The fraction of sp³-hybridized carbons (Fsp3) is 0.636. The molecule has 0 radical (unpaired) electrons. The largest absolute Gasteiger partial charge is 0.379 e. The van der Waals surface area contributed by atoms with Gasteiger partial charge >= 0.3 is 0 Å². The first-order valence-corrected chi connectivity index (χ1v) is 10.8. The van der Waals surface area contributed by atoms with Gasteiger partial charge in [-0.2, -0.15) is 0 Å². The molecule has 0 aliphatic carbocycles. The van der Waals surface area contributed by atoms with Gasteiger partial charge in [-0.15, -0.1) is 0 Å². The van der Waals surface area contributed by atoms with Crippen molar-refractivity contribution in [2.45, 2.75) is 46.7 Å². The number of amides is 1. The van der Waals surface area contributed by atoms with E-state index in [1.807, 2.05) is 38.1 Å². The molecule has 1 amide bonds. The van der Waals surface area contributed by atoms with Crippen LogP contribution in [0.1, 0.15) is 39.7 Å². The van der Waals surface area contributed by atoms with Crippen LogP contribution in [0.4, 0.5) is 5.69 Å².